The van der Waals surface area contributed by atoms with Gasteiger partial charge >= 0.3 is 12.1 Å². The molecule has 2 N–H and O–H groups in total. The number of carboxylic acid groups (broad SMARTS) is 1. The first-order valence-electron chi connectivity index (χ1n) is 9.58. The number of hydrogen-bond acceptors (Lipinski definition) is 6. The van der Waals surface area contributed by atoms with Gasteiger partial charge in [-0.25, -0.2) is 9.78 Å². The van der Waals surface area contributed by atoms with Crippen LogP contribution in [-0.2, 0) is 11.2 Å². The van der Waals surface area contributed by atoms with E-state index in [0.29, 0.717) is 12.4 Å². The van der Waals surface area contributed by atoms with E-state index in [1.165, 1.54) is 22.3 Å². The maximum Gasteiger partial charge on any atom is 0.490 e. The van der Waals surface area contributed by atoms with Gasteiger partial charge in [0.1, 0.15) is 5.82 Å². The van der Waals surface area contributed by atoms with Gasteiger partial charge in [0, 0.05) is 30.0 Å². The molecule has 166 valence electrons. The van der Waals surface area contributed by atoms with E-state index in [1.807, 2.05) is 6.92 Å². The molecule has 0 unspecified atom stereocenters. The first kappa shape index (κ1) is 23.9. The first-order chi connectivity index (χ1) is 14.4. The molecule has 1 aromatic heterocycles. The van der Waals surface area contributed by atoms with E-state index < -0.39 is 12.1 Å². The van der Waals surface area contributed by atoms with Crippen molar-refractivity contribution >= 4 is 23.4 Å². The Morgan fingerprint density at radius 1 is 1.23 bits per heavy atom. The molecule has 2 heterocycles. The van der Waals surface area contributed by atoms with Gasteiger partial charge in [-0.1, -0.05) is 17.7 Å². The SMILES string of the molecule is Cc1cc(C)c(Nc2nc(C)c3c(n2)N(CCC#N)CC3)c(C)c1.O=C(O)C(F)(F)F. The van der Waals surface area contributed by atoms with Crippen molar-refractivity contribution in [2.24, 2.45) is 0 Å². The van der Waals surface area contributed by atoms with Crippen LogP contribution in [0, 0.1) is 39.0 Å². The molecule has 0 saturated carbocycles. The minimum atomic E-state index is -5.08. The summed E-state index contributed by atoms with van der Waals surface area (Å²) in [5.74, 6) is -1.15. The van der Waals surface area contributed by atoms with E-state index in [0.717, 1.165) is 36.7 Å². The number of nitrogens with zero attached hydrogens (tertiary/aromatic N) is 4. The Morgan fingerprint density at radius 3 is 2.32 bits per heavy atom. The minimum Gasteiger partial charge on any atom is -0.475 e. The number of aryl methyl sites for hydroxylation is 4. The molecule has 0 fully saturated rings. The van der Waals surface area contributed by atoms with Crippen LogP contribution in [0.25, 0.3) is 0 Å². The Morgan fingerprint density at radius 2 is 1.81 bits per heavy atom. The molecule has 0 radical (unpaired) electrons. The molecule has 0 aliphatic carbocycles. The average molecular weight is 435 g/mol. The quantitative estimate of drug-likeness (QED) is 0.735. The lowest BCUT2D eigenvalue weighted by atomic mass is 10.1. The number of carboxylic acids is 1. The molecule has 10 heteroatoms. The van der Waals surface area contributed by atoms with Crippen LogP contribution in [0.1, 0.15) is 34.4 Å². The monoisotopic (exact) mass is 435 g/mol. The number of nitriles is 1. The van der Waals surface area contributed by atoms with Gasteiger partial charge in [0.15, 0.2) is 0 Å². The molecule has 2 aromatic rings. The van der Waals surface area contributed by atoms with Gasteiger partial charge < -0.3 is 15.3 Å². The maximum absolute atomic E-state index is 10.6. The highest BCUT2D eigenvalue weighted by Crippen LogP contribution is 2.31. The predicted octanol–water partition coefficient (Wildman–Crippen LogP) is 4.36. The molecule has 0 bridgehead atoms. The van der Waals surface area contributed by atoms with Crippen molar-refractivity contribution in [2.75, 3.05) is 23.3 Å². The summed E-state index contributed by atoms with van der Waals surface area (Å²) >= 11 is 0. The van der Waals surface area contributed by atoms with Crippen LogP contribution in [0.4, 0.5) is 30.6 Å². The standard InChI is InChI=1S/C19H23N5.C2HF3O2/c1-12-10-13(2)17(14(3)11-12)22-19-21-15(4)16-6-9-24(8-5-7-20)18(16)23-19;3-2(4,5)1(6)7/h10-11H,5-6,8-9H2,1-4H3,(H,21,22,23);(H,6,7). The fourth-order valence-corrected chi connectivity index (χ4v) is 3.44. The van der Waals surface area contributed by atoms with Crippen LogP contribution in [0.15, 0.2) is 12.1 Å². The molecule has 7 nitrogen and oxygen atoms in total. The zero-order chi connectivity index (χ0) is 23.3. The van der Waals surface area contributed by atoms with Crippen molar-refractivity contribution in [1.82, 2.24) is 9.97 Å². The molecule has 1 aliphatic heterocycles. The van der Waals surface area contributed by atoms with Crippen molar-refractivity contribution in [1.29, 1.82) is 5.26 Å². The van der Waals surface area contributed by atoms with Crippen LogP contribution < -0.4 is 10.2 Å². The van der Waals surface area contributed by atoms with Crippen molar-refractivity contribution < 1.29 is 23.1 Å². The Balaban J connectivity index is 0.000000423. The van der Waals surface area contributed by atoms with Gasteiger partial charge in [-0.15, -0.1) is 0 Å². The number of aromatic nitrogens is 2. The second-order valence-electron chi connectivity index (χ2n) is 7.28. The molecular weight excluding hydrogens is 411 g/mol. The summed E-state index contributed by atoms with van der Waals surface area (Å²) in [6.45, 7) is 9.98. The lowest BCUT2D eigenvalue weighted by Crippen LogP contribution is -2.22. The maximum atomic E-state index is 10.6. The van der Waals surface area contributed by atoms with E-state index in [4.69, 9.17) is 20.1 Å². The number of rotatable bonds is 4. The number of benzene rings is 1. The number of carbonyl (C=O) groups is 1. The highest BCUT2D eigenvalue weighted by molar-refractivity contribution is 5.73. The fraction of sp³-hybridized carbons (Fsp3) is 0.429. The summed E-state index contributed by atoms with van der Waals surface area (Å²) in [5.41, 5.74) is 6.93. The Labute approximate surface area is 178 Å². The Bertz CT molecular complexity index is 992. The topological polar surface area (TPSA) is 102 Å². The summed E-state index contributed by atoms with van der Waals surface area (Å²) in [6.07, 6.45) is -3.61. The summed E-state index contributed by atoms with van der Waals surface area (Å²) in [6, 6.07) is 6.54. The lowest BCUT2D eigenvalue weighted by Gasteiger charge is -2.18. The molecule has 0 amide bonds. The van der Waals surface area contributed by atoms with Gasteiger partial charge in [-0.05, 0) is 45.2 Å². The first-order valence-corrected chi connectivity index (χ1v) is 9.58. The minimum absolute atomic E-state index is 0.515. The van der Waals surface area contributed by atoms with Crippen molar-refractivity contribution in [3.8, 4) is 6.07 Å². The molecule has 31 heavy (non-hydrogen) atoms. The van der Waals surface area contributed by atoms with Gasteiger partial charge in [-0.2, -0.15) is 23.4 Å². The van der Waals surface area contributed by atoms with Crippen molar-refractivity contribution in [3.05, 3.63) is 40.1 Å². The summed E-state index contributed by atoms with van der Waals surface area (Å²) in [7, 11) is 0. The number of fused-ring (bicyclic) bond motifs is 1. The van der Waals surface area contributed by atoms with Crippen LogP contribution in [0.3, 0.4) is 0 Å². The van der Waals surface area contributed by atoms with Gasteiger partial charge in [0.05, 0.1) is 12.5 Å². The fourth-order valence-electron chi connectivity index (χ4n) is 3.44. The predicted molar refractivity (Wildman–Crippen MR) is 111 cm³/mol. The number of nitrogens with one attached hydrogen (secondary N) is 1. The summed E-state index contributed by atoms with van der Waals surface area (Å²) in [5, 5.41) is 19.4. The van der Waals surface area contributed by atoms with Crippen LogP contribution in [-0.4, -0.2) is 40.3 Å². The largest absolute Gasteiger partial charge is 0.490 e. The number of halogens is 3. The number of anilines is 3. The number of hydrogen-bond donors (Lipinski definition) is 2. The zero-order valence-corrected chi connectivity index (χ0v) is 17.8. The molecule has 0 spiro atoms. The Hall–Kier alpha value is -3.35. The van der Waals surface area contributed by atoms with Gasteiger partial charge in [-0.3, -0.25) is 0 Å². The van der Waals surface area contributed by atoms with Gasteiger partial charge in [0.2, 0.25) is 5.95 Å². The van der Waals surface area contributed by atoms with E-state index in [-0.39, 0.29) is 0 Å². The Kier molecular flexibility index (Phi) is 7.44. The van der Waals surface area contributed by atoms with Crippen LogP contribution >= 0.6 is 0 Å². The van der Waals surface area contributed by atoms with E-state index in [2.05, 4.69) is 54.2 Å². The summed E-state index contributed by atoms with van der Waals surface area (Å²) < 4.78 is 31.7. The van der Waals surface area contributed by atoms with E-state index >= 15 is 0 Å². The highest BCUT2D eigenvalue weighted by atomic mass is 19.4. The average Bonchev–Trinajstić information content (AvgIpc) is 3.06. The van der Waals surface area contributed by atoms with Gasteiger partial charge in [0.25, 0.3) is 0 Å². The normalized spacial score (nSPS) is 12.5. The molecule has 3 rings (SSSR count). The van der Waals surface area contributed by atoms with E-state index in [1.54, 1.807) is 0 Å². The molecule has 0 saturated heterocycles. The third kappa shape index (κ3) is 6.07. The molecular formula is C21H24F3N5O2. The molecule has 0 atom stereocenters. The smallest absolute Gasteiger partial charge is 0.475 e. The highest BCUT2D eigenvalue weighted by Gasteiger charge is 2.38. The van der Waals surface area contributed by atoms with E-state index in [9.17, 15) is 13.2 Å². The second-order valence-corrected chi connectivity index (χ2v) is 7.28. The lowest BCUT2D eigenvalue weighted by molar-refractivity contribution is -0.192. The molecule has 1 aromatic carbocycles. The van der Waals surface area contributed by atoms with Crippen LogP contribution in [0.2, 0.25) is 0 Å². The number of aliphatic carboxylic acids is 1. The van der Waals surface area contributed by atoms with Crippen LogP contribution in [0.5, 0.6) is 0 Å². The second kappa shape index (κ2) is 9.64. The third-order valence-corrected chi connectivity index (χ3v) is 4.77. The number of alkyl halides is 3. The molecule has 1 aliphatic rings. The van der Waals surface area contributed by atoms with Crippen molar-refractivity contribution in [3.63, 3.8) is 0 Å². The van der Waals surface area contributed by atoms with Crippen molar-refractivity contribution in [2.45, 2.75) is 46.7 Å². The zero-order valence-electron chi connectivity index (χ0n) is 17.8. The summed E-state index contributed by atoms with van der Waals surface area (Å²) in [4.78, 5) is 20.5. The third-order valence-electron chi connectivity index (χ3n) is 4.77.